The number of hydrogen-bond donors (Lipinski definition) is 1. The predicted octanol–water partition coefficient (Wildman–Crippen LogP) is 0.580. The lowest BCUT2D eigenvalue weighted by Crippen LogP contribution is -2.40. The number of amides is 1. The molecule has 1 rings (SSSR count). The molecule has 1 atom stereocenters. The van der Waals surface area contributed by atoms with E-state index in [4.69, 9.17) is 0 Å². The van der Waals surface area contributed by atoms with Gasteiger partial charge in [0, 0.05) is 6.20 Å². The smallest absolute Gasteiger partial charge is 0.435 e. The molecule has 6 nitrogen and oxygen atoms in total. The van der Waals surface area contributed by atoms with Gasteiger partial charge >= 0.3 is 12.1 Å². The van der Waals surface area contributed by atoms with Crippen LogP contribution in [0.1, 0.15) is 12.6 Å². The van der Waals surface area contributed by atoms with E-state index in [1.807, 2.05) is 0 Å². The highest BCUT2D eigenvalue weighted by atomic mass is 19.4. The monoisotopic (exact) mass is 279 g/mol. The zero-order chi connectivity index (χ0) is 14.6. The van der Waals surface area contributed by atoms with Crippen LogP contribution in [0.25, 0.3) is 0 Å². The molecule has 1 N–H and O–H groups in total. The largest absolute Gasteiger partial charge is 0.467 e. The molecule has 1 heterocycles. The molecule has 0 aliphatic rings. The van der Waals surface area contributed by atoms with Gasteiger partial charge in [0.05, 0.1) is 7.11 Å². The van der Waals surface area contributed by atoms with Gasteiger partial charge in [0.1, 0.15) is 12.6 Å². The molecule has 19 heavy (non-hydrogen) atoms. The lowest BCUT2D eigenvalue weighted by molar-refractivity contribution is -0.144. The molecule has 0 radical (unpaired) electrons. The topological polar surface area (TPSA) is 73.2 Å². The van der Waals surface area contributed by atoms with E-state index >= 15 is 0 Å². The van der Waals surface area contributed by atoms with E-state index in [1.165, 1.54) is 6.92 Å². The Balaban J connectivity index is 2.58. The number of nitrogens with one attached hydrogen (secondary N) is 1. The molecule has 0 fully saturated rings. The normalized spacial score (nSPS) is 12.9. The fourth-order valence-corrected chi connectivity index (χ4v) is 1.27. The third kappa shape index (κ3) is 4.27. The van der Waals surface area contributed by atoms with Gasteiger partial charge < -0.3 is 10.1 Å². The summed E-state index contributed by atoms with van der Waals surface area (Å²) in [6.07, 6.45) is -3.52. The van der Waals surface area contributed by atoms with Crippen LogP contribution in [0.2, 0.25) is 0 Å². The third-order valence-corrected chi connectivity index (χ3v) is 2.17. The fraction of sp³-hybridized carbons (Fsp3) is 0.500. The Bertz CT molecular complexity index is 470. The summed E-state index contributed by atoms with van der Waals surface area (Å²) >= 11 is 0. The van der Waals surface area contributed by atoms with Crippen LogP contribution in [-0.4, -0.2) is 34.8 Å². The van der Waals surface area contributed by atoms with E-state index in [1.54, 1.807) is 0 Å². The van der Waals surface area contributed by atoms with Gasteiger partial charge in [-0.05, 0) is 13.0 Å². The highest BCUT2D eigenvalue weighted by Crippen LogP contribution is 2.27. The molecular formula is C10H12F3N3O3. The molecule has 0 bridgehead atoms. The van der Waals surface area contributed by atoms with Gasteiger partial charge in [0.15, 0.2) is 5.69 Å². The maximum absolute atomic E-state index is 12.3. The minimum Gasteiger partial charge on any atom is -0.467 e. The quantitative estimate of drug-likeness (QED) is 0.818. The van der Waals surface area contributed by atoms with E-state index in [2.05, 4.69) is 15.2 Å². The van der Waals surface area contributed by atoms with Gasteiger partial charge in [-0.25, -0.2) is 4.79 Å². The van der Waals surface area contributed by atoms with Gasteiger partial charge in [0.25, 0.3) is 0 Å². The Kier molecular flexibility index (Phi) is 4.52. The van der Waals surface area contributed by atoms with Crippen LogP contribution < -0.4 is 5.32 Å². The Morgan fingerprint density at radius 2 is 2.16 bits per heavy atom. The number of esters is 1. The van der Waals surface area contributed by atoms with E-state index in [9.17, 15) is 22.8 Å². The summed E-state index contributed by atoms with van der Waals surface area (Å²) in [6, 6.07) is -0.119. The zero-order valence-corrected chi connectivity index (χ0v) is 10.2. The molecule has 106 valence electrons. The number of alkyl halides is 3. The van der Waals surface area contributed by atoms with Crippen molar-refractivity contribution in [3.63, 3.8) is 0 Å². The van der Waals surface area contributed by atoms with Crippen LogP contribution in [0, 0.1) is 0 Å². The van der Waals surface area contributed by atoms with E-state index < -0.39 is 36.3 Å². The summed E-state index contributed by atoms with van der Waals surface area (Å²) in [4.78, 5) is 22.5. The van der Waals surface area contributed by atoms with E-state index in [-0.39, 0.29) is 0 Å². The Hall–Kier alpha value is -2.06. The van der Waals surface area contributed by atoms with Crippen molar-refractivity contribution in [1.82, 2.24) is 15.1 Å². The van der Waals surface area contributed by atoms with Crippen molar-refractivity contribution < 1.29 is 27.5 Å². The third-order valence-electron chi connectivity index (χ3n) is 2.17. The molecule has 1 aromatic heterocycles. The molecule has 1 amide bonds. The number of methoxy groups -OCH3 is 1. The first-order chi connectivity index (χ1) is 8.74. The van der Waals surface area contributed by atoms with E-state index in [0.29, 0.717) is 0 Å². The second kappa shape index (κ2) is 5.72. The van der Waals surface area contributed by atoms with Crippen LogP contribution in [0.3, 0.4) is 0 Å². The molecule has 0 spiro atoms. The van der Waals surface area contributed by atoms with Crippen molar-refractivity contribution in [3.05, 3.63) is 18.0 Å². The molecule has 0 aromatic carbocycles. The van der Waals surface area contributed by atoms with Crippen molar-refractivity contribution in [1.29, 1.82) is 0 Å². The van der Waals surface area contributed by atoms with Crippen molar-refractivity contribution in [2.24, 2.45) is 0 Å². The van der Waals surface area contributed by atoms with Gasteiger partial charge in [-0.2, -0.15) is 18.3 Å². The first-order valence-corrected chi connectivity index (χ1v) is 5.22. The van der Waals surface area contributed by atoms with Gasteiger partial charge in [-0.1, -0.05) is 0 Å². The van der Waals surface area contributed by atoms with Crippen molar-refractivity contribution in [2.75, 3.05) is 7.11 Å². The highest BCUT2D eigenvalue weighted by Gasteiger charge is 2.33. The molecule has 0 aliphatic carbocycles. The van der Waals surface area contributed by atoms with Gasteiger partial charge in [0.2, 0.25) is 5.91 Å². The number of carbonyl (C=O) groups is 2. The predicted molar refractivity (Wildman–Crippen MR) is 56.8 cm³/mol. The summed E-state index contributed by atoms with van der Waals surface area (Å²) < 4.78 is 42.0. The lowest BCUT2D eigenvalue weighted by Gasteiger charge is -2.11. The summed E-state index contributed by atoms with van der Waals surface area (Å²) in [5.74, 6) is -1.29. The van der Waals surface area contributed by atoms with Crippen LogP contribution in [0.15, 0.2) is 12.3 Å². The lowest BCUT2D eigenvalue weighted by atomic mass is 10.3. The van der Waals surface area contributed by atoms with Crippen LogP contribution in [0.4, 0.5) is 13.2 Å². The summed E-state index contributed by atoms with van der Waals surface area (Å²) in [6.45, 7) is 0.978. The summed E-state index contributed by atoms with van der Waals surface area (Å²) in [5.41, 5.74) is -1.08. The molecule has 1 unspecified atom stereocenters. The minimum atomic E-state index is -4.55. The summed E-state index contributed by atoms with van der Waals surface area (Å²) in [7, 11) is 1.16. The number of nitrogens with zero attached hydrogens (tertiary/aromatic N) is 2. The van der Waals surface area contributed by atoms with Gasteiger partial charge in [-0.3, -0.25) is 9.48 Å². The molecular weight excluding hydrogens is 267 g/mol. The number of aromatic nitrogens is 2. The number of hydrogen-bond acceptors (Lipinski definition) is 4. The molecule has 0 saturated heterocycles. The average molecular weight is 279 g/mol. The van der Waals surface area contributed by atoms with E-state index in [0.717, 1.165) is 24.1 Å². The SMILES string of the molecule is COC(=O)C(C)NC(=O)Cn1ccc(C(F)(F)F)n1. The maximum atomic E-state index is 12.3. The number of rotatable bonds is 4. The molecule has 0 saturated carbocycles. The second-order valence-corrected chi connectivity index (χ2v) is 3.71. The molecule has 0 aliphatic heterocycles. The average Bonchev–Trinajstić information content (AvgIpc) is 2.75. The number of carbonyl (C=O) groups excluding carboxylic acids is 2. The maximum Gasteiger partial charge on any atom is 0.435 e. The minimum absolute atomic E-state index is 0.419. The first kappa shape index (κ1) is 15.0. The van der Waals surface area contributed by atoms with Crippen LogP contribution in [0.5, 0.6) is 0 Å². The van der Waals surface area contributed by atoms with Crippen molar-refractivity contribution in [2.45, 2.75) is 25.7 Å². The molecule has 9 heteroatoms. The van der Waals surface area contributed by atoms with Crippen LogP contribution >= 0.6 is 0 Å². The highest BCUT2D eigenvalue weighted by molar-refractivity contribution is 5.83. The van der Waals surface area contributed by atoms with Crippen molar-refractivity contribution in [3.8, 4) is 0 Å². The van der Waals surface area contributed by atoms with Crippen LogP contribution in [-0.2, 0) is 27.0 Å². The van der Waals surface area contributed by atoms with Gasteiger partial charge in [-0.15, -0.1) is 0 Å². The second-order valence-electron chi connectivity index (χ2n) is 3.71. The summed E-state index contributed by atoms with van der Waals surface area (Å²) in [5, 5.41) is 5.48. The molecule has 1 aromatic rings. The Labute approximate surface area is 106 Å². The number of halogens is 3. The Morgan fingerprint density at radius 3 is 2.63 bits per heavy atom. The zero-order valence-electron chi connectivity index (χ0n) is 10.2. The standard InChI is InChI=1S/C10H12F3N3O3/c1-6(9(18)19-2)14-8(17)5-16-4-3-7(15-16)10(11,12)13/h3-4,6H,5H2,1-2H3,(H,14,17). The van der Waals surface area contributed by atoms with Crippen molar-refractivity contribution >= 4 is 11.9 Å². The fourth-order valence-electron chi connectivity index (χ4n) is 1.27. The first-order valence-electron chi connectivity index (χ1n) is 5.22. The number of ether oxygens (including phenoxy) is 1. The Morgan fingerprint density at radius 1 is 1.53 bits per heavy atom.